The summed E-state index contributed by atoms with van der Waals surface area (Å²) < 4.78 is 44.9. The highest BCUT2D eigenvalue weighted by atomic mass is 127. The fraction of sp³-hybridized carbons (Fsp3) is 0.286. The first kappa shape index (κ1) is 16.8. The molecule has 118 valence electrons. The van der Waals surface area contributed by atoms with Crippen LogP contribution < -0.4 is 4.74 Å². The molecular weight excluding hydrogens is 412 g/mol. The second kappa shape index (κ2) is 6.27. The third kappa shape index (κ3) is 3.79. The van der Waals surface area contributed by atoms with Crippen molar-refractivity contribution in [1.82, 2.24) is 9.88 Å². The minimum absolute atomic E-state index is 0.00830. The standard InChI is InChI=1S/C14H12F3IN2O2/c1-20(2)13(21)7-22-11-6-12(14(15,16)17)19-10-4-3-8(18)5-9(10)11/h3-6H,7H2,1-2H3. The van der Waals surface area contributed by atoms with Gasteiger partial charge in [-0.3, -0.25) is 4.79 Å². The number of likely N-dealkylation sites (N-methyl/N-ethyl adjacent to an activating group) is 1. The molecule has 0 N–H and O–H groups in total. The van der Waals surface area contributed by atoms with E-state index in [0.29, 0.717) is 5.39 Å². The Bertz CT molecular complexity index is 717. The lowest BCUT2D eigenvalue weighted by Gasteiger charge is -2.15. The second-order valence-electron chi connectivity index (χ2n) is 4.74. The molecule has 0 saturated carbocycles. The number of carbonyl (C=O) groups is 1. The lowest BCUT2D eigenvalue weighted by Crippen LogP contribution is -2.27. The summed E-state index contributed by atoms with van der Waals surface area (Å²) in [6, 6.07) is 5.64. The summed E-state index contributed by atoms with van der Waals surface area (Å²) in [5.41, 5.74) is -0.879. The quantitative estimate of drug-likeness (QED) is 0.711. The average Bonchev–Trinajstić information content (AvgIpc) is 2.43. The molecule has 0 atom stereocenters. The fourth-order valence-electron chi connectivity index (χ4n) is 1.70. The number of ether oxygens (including phenoxy) is 1. The fourth-order valence-corrected chi connectivity index (χ4v) is 2.19. The van der Waals surface area contributed by atoms with Gasteiger partial charge in [0.2, 0.25) is 0 Å². The zero-order valence-corrected chi connectivity index (χ0v) is 13.9. The van der Waals surface area contributed by atoms with Crippen LogP contribution in [0.4, 0.5) is 13.2 Å². The Morgan fingerprint density at radius 3 is 2.59 bits per heavy atom. The van der Waals surface area contributed by atoms with Crippen molar-refractivity contribution in [3.63, 3.8) is 0 Å². The van der Waals surface area contributed by atoms with E-state index in [4.69, 9.17) is 4.74 Å². The maximum Gasteiger partial charge on any atom is 0.433 e. The van der Waals surface area contributed by atoms with E-state index < -0.39 is 11.9 Å². The Kier molecular flexibility index (Phi) is 4.78. The predicted molar refractivity (Wildman–Crippen MR) is 83.7 cm³/mol. The van der Waals surface area contributed by atoms with Crippen LogP contribution in [-0.4, -0.2) is 36.5 Å². The van der Waals surface area contributed by atoms with Gasteiger partial charge >= 0.3 is 6.18 Å². The number of pyridine rings is 1. The molecule has 4 nitrogen and oxygen atoms in total. The van der Waals surface area contributed by atoms with Crippen LogP contribution in [0.5, 0.6) is 5.75 Å². The molecule has 2 rings (SSSR count). The van der Waals surface area contributed by atoms with Crippen LogP contribution in [0, 0.1) is 3.57 Å². The van der Waals surface area contributed by atoms with Gasteiger partial charge in [0, 0.05) is 29.1 Å². The minimum atomic E-state index is -4.58. The number of aromatic nitrogens is 1. The molecule has 0 aliphatic heterocycles. The molecule has 1 heterocycles. The largest absolute Gasteiger partial charge is 0.483 e. The van der Waals surface area contributed by atoms with Gasteiger partial charge in [-0.05, 0) is 40.8 Å². The van der Waals surface area contributed by atoms with Crippen molar-refractivity contribution >= 4 is 39.4 Å². The van der Waals surface area contributed by atoms with Gasteiger partial charge in [-0.25, -0.2) is 4.98 Å². The maximum absolute atomic E-state index is 12.9. The molecule has 1 aromatic heterocycles. The Hall–Kier alpha value is -1.58. The van der Waals surface area contributed by atoms with Crippen LogP contribution in [0.15, 0.2) is 24.3 Å². The van der Waals surface area contributed by atoms with Gasteiger partial charge in [-0.2, -0.15) is 13.2 Å². The molecule has 0 aliphatic rings. The van der Waals surface area contributed by atoms with Gasteiger partial charge in [0.25, 0.3) is 5.91 Å². The van der Waals surface area contributed by atoms with Crippen molar-refractivity contribution in [1.29, 1.82) is 0 Å². The number of benzene rings is 1. The van der Waals surface area contributed by atoms with E-state index in [0.717, 1.165) is 9.64 Å². The molecular formula is C14H12F3IN2O2. The number of nitrogens with zero attached hydrogens (tertiary/aromatic N) is 2. The van der Waals surface area contributed by atoms with E-state index in [9.17, 15) is 18.0 Å². The summed E-state index contributed by atoms with van der Waals surface area (Å²) in [6.07, 6.45) is -4.58. The summed E-state index contributed by atoms with van der Waals surface area (Å²) in [5, 5.41) is 0.437. The Morgan fingerprint density at radius 2 is 2.00 bits per heavy atom. The average molecular weight is 424 g/mol. The number of rotatable bonds is 3. The number of fused-ring (bicyclic) bond motifs is 1. The van der Waals surface area contributed by atoms with Gasteiger partial charge in [-0.15, -0.1) is 0 Å². The molecule has 0 spiro atoms. The summed E-state index contributed by atoms with van der Waals surface area (Å²) in [5.74, 6) is -0.352. The molecule has 0 unspecified atom stereocenters. The normalized spacial score (nSPS) is 11.5. The highest BCUT2D eigenvalue weighted by Crippen LogP contribution is 2.34. The first-order chi connectivity index (χ1) is 10.2. The molecule has 2 aromatic rings. The van der Waals surface area contributed by atoms with Crippen LogP contribution in [0.3, 0.4) is 0 Å². The molecule has 1 aromatic carbocycles. The lowest BCUT2D eigenvalue weighted by molar-refractivity contribution is -0.141. The summed E-state index contributed by atoms with van der Waals surface area (Å²) in [7, 11) is 3.08. The molecule has 0 fully saturated rings. The van der Waals surface area contributed by atoms with Crippen molar-refractivity contribution in [2.24, 2.45) is 0 Å². The summed E-state index contributed by atoms with van der Waals surface area (Å²) >= 11 is 2.04. The monoisotopic (exact) mass is 424 g/mol. The third-order valence-corrected chi connectivity index (χ3v) is 3.54. The topological polar surface area (TPSA) is 42.4 Å². The Balaban J connectivity index is 2.48. The third-order valence-electron chi connectivity index (χ3n) is 2.87. The Morgan fingerprint density at radius 1 is 1.32 bits per heavy atom. The molecule has 0 bridgehead atoms. The SMILES string of the molecule is CN(C)C(=O)COc1cc(C(F)(F)F)nc2ccc(I)cc12. The zero-order valence-electron chi connectivity index (χ0n) is 11.7. The molecule has 0 radical (unpaired) electrons. The van der Waals surface area contributed by atoms with E-state index in [1.807, 2.05) is 22.6 Å². The van der Waals surface area contributed by atoms with Crippen LogP contribution in [0.25, 0.3) is 10.9 Å². The van der Waals surface area contributed by atoms with Crippen LogP contribution in [0.2, 0.25) is 0 Å². The van der Waals surface area contributed by atoms with Crippen molar-refractivity contribution in [2.45, 2.75) is 6.18 Å². The minimum Gasteiger partial charge on any atom is -0.483 e. The number of carbonyl (C=O) groups excluding carboxylic acids is 1. The van der Waals surface area contributed by atoms with Gasteiger partial charge in [0.05, 0.1) is 5.52 Å². The number of hydrogen-bond acceptors (Lipinski definition) is 3. The predicted octanol–water partition coefficient (Wildman–Crippen LogP) is 3.33. The van der Waals surface area contributed by atoms with Gasteiger partial charge < -0.3 is 9.64 Å². The number of halogens is 4. The van der Waals surface area contributed by atoms with E-state index in [2.05, 4.69) is 4.98 Å². The van der Waals surface area contributed by atoms with Gasteiger partial charge in [0.15, 0.2) is 6.61 Å². The van der Waals surface area contributed by atoms with E-state index in [-0.39, 0.29) is 23.8 Å². The molecule has 22 heavy (non-hydrogen) atoms. The first-order valence-corrected chi connectivity index (χ1v) is 7.27. The molecule has 0 aliphatic carbocycles. The van der Waals surface area contributed by atoms with E-state index in [1.54, 1.807) is 26.2 Å². The van der Waals surface area contributed by atoms with Crippen molar-refractivity contribution in [2.75, 3.05) is 20.7 Å². The van der Waals surface area contributed by atoms with Crippen molar-refractivity contribution < 1.29 is 22.7 Å². The van der Waals surface area contributed by atoms with Crippen LogP contribution in [-0.2, 0) is 11.0 Å². The Labute approximate surface area is 138 Å². The summed E-state index contributed by atoms with van der Waals surface area (Å²) in [6.45, 7) is -0.338. The van der Waals surface area contributed by atoms with Crippen molar-refractivity contribution in [3.8, 4) is 5.75 Å². The highest BCUT2D eigenvalue weighted by molar-refractivity contribution is 14.1. The first-order valence-electron chi connectivity index (χ1n) is 6.19. The van der Waals surface area contributed by atoms with Gasteiger partial charge in [-0.1, -0.05) is 0 Å². The van der Waals surface area contributed by atoms with Crippen LogP contribution in [0.1, 0.15) is 5.69 Å². The summed E-state index contributed by atoms with van der Waals surface area (Å²) in [4.78, 5) is 16.5. The number of amides is 1. The molecule has 1 amide bonds. The van der Waals surface area contributed by atoms with E-state index >= 15 is 0 Å². The van der Waals surface area contributed by atoms with E-state index in [1.165, 1.54) is 11.0 Å². The van der Waals surface area contributed by atoms with Crippen molar-refractivity contribution in [3.05, 3.63) is 33.5 Å². The smallest absolute Gasteiger partial charge is 0.433 e. The second-order valence-corrected chi connectivity index (χ2v) is 5.99. The molecule has 0 saturated heterocycles. The van der Waals surface area contributed by atoms with Crippen LogP contribution >= 0.6 is 22.6 Å². The highest BCUT2D eigenvalue weighted by Gasteiger charge is 2.33. The molecule has 8 heteroatoms. The van der Waals surface area contributed by atoms with Gasteiger partial charge in [0.1, 0.15) is 11.4 Å². The number of alkyl halides is 3. The number of hydrogen-bond donors (Lipinski definition) is 0. The maximum atomic E-state index is 12.9. The lowest BCUT2D eigenvalue weighted by atomic mass is 10.2. The zero-order chi connectivity index (χ0) is 16.5.